The molecular weight excluding hydrogens is 292 g/mol. The van der Waals surface area contributed by atoms with Gasteiger partial charge in [0.25, 0.3) is 0 Å². The van der Waals surface area contributed by atoms with Crippen molar-refractivity contribution in [1.29, 1.82) is 0 Å². The van der Waals surface area contributed by atoms with Gasteiger partial charge in [-0.1, -0.05) is 6.07 Å². The molecule has 3 aromatic rings. The van der Waals surface area contributed by atoms with Gasteiger partial charge in [-0.2, -0.15) is 0 Å². The van der Waals surface area contributed by atoms with E-state index in [1.54, 1.807) is 24.0 Å². The summed E-state index contributed by atoms with van der Waals surface area (Å²) < 4.78 is 0. The normalized spacial score (nSPS) is 10.9. The molecule has 0 aliphatic heterocycles. The molecule has 0 saturated heterocycles. The number of anilines is 2. The summed E-state index contributed by atoms with van der Waals surface area (Å²) in [6, 6.07) is 12.0. The van der Waals surface area contributed by atoms with Crippen molar-refractivity contribution < 1.29 is 5.11 Å². The van der Waals surface area contributed by atoms with Gasteiger partial charge >= 0.3 is 0 Å². The number of phenolic OH excluding ortho intramolecular Hbond substituents is 1. The molecule has 0 fully saturated rings. The Kier molecular flexibility index (Phi) is 3.94. The number of fused-ring (bicyclic) bond motifs is 1. The van der Waals surface area contributed by atoms with Crippen molar-refractivity contribution in [3.63, 3.8) is 0 Å². The fourth-order valence-electron chi connectivity index (χ4n) is 2.48. The first kappa shape index (κ1) is 14.7. The van der Waals surface area contributed by atoms with E-state index in [0.717, 1.165) is 33.4 Å². The zero-order valence-electron chi connectivity index (χ0n) is 12.8. The van der Waals surface area contributed by atoms with Gasteiger partial charge in [0.1, 0.15) is 5.75 Å². The topological polar surface area (TPSA) is 45.2 Å². The van der Waals surface area contributed by atoms with E-state index in [9.17, 15) is 5.11 Å². The summed E-state index contributed by atoms with van der Waals surface area (Å²) in [5.74, 6) is 0.302. The molecule has 0 bridgehead atoms. The van der Waals surface area contributed by atoms with Crippen molar-refractivity contribution in [2.45, 2.75) is 18.7 Å². The SMILES string of the molecule is CSc1ccc2nccc(Nc3cc(O)c(C)cc3C)c2c1. The minimum Gasteiger partial charge on any atom is -0.508 e. The van der Waals surface area contributed by atoms with Gasteiger partial charge in [-0.3, -0.25) is 4.98 Å². The van der Waals surface area contributed by atoms with Gasteiger partial charge < -0.3 is 10.4 Å². The van der Waals surface area contributed by atoms with Crippen LogP contribution in [0.1, 0.15) is 11.1 Å². The molecule has 3 rings (SSSR count). The van der Waals surface area contributed by atoms with Gasteiger partial charge in [-0.05, 0) is 55.5 Å². The zero-order valence-corrected chi connectivity index (χ0v) is 13.7. The first-order valence-electron chi connectivity index (χ1n) is 7.08. The second-order valence-electron chi connectivity index (χ2n) is 5.32. The van der Waals surface area contributed by atoms with Crippen LogP contribution in [0.3, 0.4) is 0 Å². The second kappa shape index (κ2) is 5.89. The number of rotatable bonds is 3. The largest absolute Gasteiger partial charge is 0.508 e. The average molecular weight is 310 g/mol. The summed E-state index contributed by atoms with van der Waals surface area (Å²) in [7, 11) is 0. The summed E-state index contributed by atoms with van der Waals surface area (Å²) in [6.07, 6.45) is 3.86. The van der Waals surface area contributed by atoms with Crippen LogP contribution in [0.25, 0.3) is 10.9 Å². The Bertz CT molecular complexity index is 846. The lowest BCUT2D eigenvalue weighted by Gasteiger charge is -2.14. The standard InChI is InChI=1S/C18H18N2OS/c1-11-8-12(2)18(21)10-17(11)20-16-6-7-19-15-5-4-13(22-3)9-14(15)16/h4-10,21H,1-3H3,(H,19,20). The minimum atomic E-state index is 0.302. The van der Waals surface area contributed by atoms with Crippen LogP contribution in [0.2, 0.25) is 0 Å². The van der Waals surface area contributed by atoms with E-state index in [2.05, 4.69) is 28.7 Å². The Hall–Kier alpha value is -2.20. The maximum atomic E-state index is 9.94. The molecule has 22 heavy (non-hydrogen) atoms. The molecule has 0 aliphatic rings. The Labute approximate surface area is 134 Å². The molecule has 0 amide bonds. The highest BCUT2D eigenvalue weighted by Crippen LogP contribution is 2.32. The van der Waals surface area contributed by atoms with Crippen LogP contribution in [0.15, 0.2) is 47.5 Å². The van der Waals surface area contributed by atoms with Crippen LogP contribution in [0.5, 0.6) is 5.75 Å². The van der Waals surface area contributed by atoms with Gasteiger partial charge in [-0.15, -0.1) is 11.8 Å². The van der Waals surface area contributed by atoms with Crippen LogP contribution in [-0.4, -0.2) is 16.3 Å². The van der Waals surface area contributed by atoms with Crippen LogP contribution in [0, 0.1) is 13.8 Å². The molecule has 4 heteroatoms. The van der Waals surface area contributed by atoms with Crippen LogP contribution < -0.4 is 5.32 Å². The predicted molar refractivity (Wildman–Crippen MR) is 94.4 cm³/mol. The van der Waals surface area contributed by atoms with E-state index >= 15 is 0 Å². The molecule has 2 aromatic carbocycles. The summed E-state index contributed by atoms with van der Waals surface area (Å²) in [5, 5.41) is 14.4. The highest BCUT2D eigenvalue weighted by molar-refractivity contribution is 7.98. The summed E-state index contributed by atoms with van der Waals surface area (Å²) in [6.45, 7) is 3.93. The van der Waals surface area contributed by atoms with Gasteiger partial charge in [0, 0.05) is 33.9 Å². The smallest absolute Gasteiger partial charge is 0.120 e. The fourth-order valence-corrected chi connectivity index (χ4v) is 2.92. The molecule has 3 nitrogen and oxygen atoms in total. The molecule has 2 N–H and O–H groups in total. The number of thioether (sulfide) groups is 1. The summed E-state index contributed by atoms with van der Waals surface area (Å²) >= 11 is 1.71. The molecule has 0 unspecified atom stereocenters. The number of nitrogens with one attached hydrogen (secondary N) is 1. The number of nitrogens with zero attached hydrogens (tertiary/aromatic N) is 1. The van der Waals surface area contributed by atoms with Crippen LogP contribution in [-0.2, 0) is 0 Å². The molecule has 1 heterocycles. The number of pyridine rings is 1. The van der Waals surface area contributed by atoms with E-state index in [1.807, 2.05) is 32.0 Å². The molecule has 0 saturated carbocycles. The lowest BCUT2D eigenvalue weighted by atomic mass is 10.1. The molecular formula is C18H18N2OS. The van der Waals surface area contributed by atoms with E-state index < -0.39 is 0 Å². The second-order valence-corrected chi connectivity index (χ2v) is 6.20. The first-order chi connectivity index (χ1) is 10.6. The molecule has 1 aromatic heterocycles. The number of aryl methyl sites for hydroxylation is 2. The van der Waals surface area contributed by atoms with E-state index in [0.29, 0.717) is 5.75 Å². The van der Waals surface area contributed by atoms with Crippen molar-refractivity contribution in [2.24, 2.45) is 0 Å². The lowest BCUT2D eigenvalue weighted by Crippen LogP contribution is -1.96. The van der Waals surface area contributed by atoms with Crippen molar-refractivity contribution >= 4 is 34.0 Å². The third-order valence-electron chi connectivity index (χ3n) is 3.76. The zero-order chi connectivity index (χ0) is 15.7. The van der Waals surface area contributed by atoms with Crippen molar-refractivity contribution in [2.75, 3.05) is 11.6 Å². The Morgan fingerprint density at radius 1 is 1.00 bits per heavy atom. The van der Waals surface area contributed by atoms with E-state index in [1.165, 1.54) is 4.90 Å². The summed E-state index contributed by atoms with van der Waals surface area (Å²) in [5.41, 5.74) is 4.84. The fraction of sp³-hybridized carbons (Fsp3) is 0.167. The Morgan fingerprint density at radius 3 is 2.59 bits per heavy atom. The van der Waals surface area contributed by atoms with E-state index in [4.69, 9.17) is 0 Å². The van der Waals surface area contributed by atoms with Gasteiger partial charge in [0.05, 0.1) is 5.52 Å². The van der Waals surface area contributed by atoms with Crippen LogP contribution >= 0.6 is 11.8 Å². The lowest BCUT2D eigenvalue weighted by molar-refractivity contribution is 0.471. The third-order valence-corrected chi connectivity index (χ3v) is 4.49. The monoisotopic (exact) mass is 310 g/mol. The highest BCUT2D eigenvalue weighted by Gasteiger charge is 2.07. The molecule has 0 aliphatic carbocycles. The third kappa shape index (κ3) is 2.74. The molecule has 0 radical (unpaired) electrons. The number of phenols is 1. The Morgan fingerprint density at radius 2 is 1.82 bits per heavy atom. The number of hydrogen-bond donors (Lipinski definition) is 2. The Balaban J connectivity index is 2.09. The number of hydrogen-bond acceptors (Lipinski definition) is 4. The van der Waals surface area contributed by atoms with E-state index in [-0.39, 0.29) is 0 Å². The highest BCUT2D eigenvalue weighted by atomic mass is 32.2. The molecule has 0 atom stereocenters. The van der Waals surface area contributed by atoms with Gasteiger partial charge in [0.2, 0.25) is 0 Å². The van der Waals surface area contributed by atoms with Gasteiger partial charge in [-0.25, -0.2) is 0 Å². The first-order valence-corrected chi connectivity index (χ1v) is 8.31. The quantitative estimate of drug-likeness (QED) is 0.667. The molecule has 112 valence electrons. The minimum absolute atomic E-state index is 0.302. The number of aromatic hydroxyl groups is 1. The summed E-state index contributed by atoms with van der Waals surface area (Å²) in [4.78, 5) is 5.62. The molecule has 0 spiro atoms. The number of aromatic nitrogens is 1. The maximum Gasteiger partial charge on any atom is 0.120 e. The van der Waals surface area contributed by atoms with Crippen LogP contribution in [0.4, 0.5) is 11.4 Å². The predicted octanol–water partition coefficient (Wildman–Crippen LogP) is 5.02. The number of benzene rings is 2. The van der Waals surface area contributed by atoms with Crippen molar-refractivity contribution in [1.82, 2.24) is 4.98 Å². The van der Waals surface area contributed by atoms with Crippen molar-refractivity contribution in [3.8, 4) is 5.75 Å². The average Bonchev–Trinajstić information content (AvgIpc) is 2.52. The van der Waals surface area contributed by atoms with Gasteiger partial charge in [0.15, 0.2) is 0 Å². The van der Waals surface area contributed by atoms with Crippen molar-refractivity contribution in [3.05, 3.63) is 53.7 Å². The maximum absolute atomic E-state index is 9.94.